The molecule has 0 aliphatic carbocycles. The summed E-state index contributed by atoms with van der Waals surface area (Å²) in [5.41, 5.74) is 0.703. The molecule has 7 heteroatoms. The summed E-state index contributed by atoms with van der Waals surface area (Å²) >= 11 is 0. The van der Waals surface area contributed by atoms with Gasteiger partial charge in [-0.2, -0.15) is 8.78 Å². The summed E-state index contributed by atoms with van der Waals surface area (Å²) in [5.74, 6) is 1.12. The summed E-state index contributed by atoms with van der Waals surface area (Å²) in [6.45, 7) is 1.54. The van der Waals surface area contributed by atoms with Gasteiger partial charge in [-0.05, 0) is 31.0 Å². The standard InChI is InChI=1S/C12H13F4NO2/c1-7(17-12(15,16)11(13)14)4-8-2-3-9-10(5-8)19-6-18-9/h2-3,5,7,11,17H,4,6H2,1H3. The minimum absolute atomic E-state index is 0.121. The van der Waals surface area contributed by atoms with Crippen molar-refractivity contribution in [1.29, 1.82) is 0 Å². The fourth-order valence-electron chi connectivity index (χ4n) is 1.86. The van der Waals surface area contributed by atoms with E-state index in [1.165, 1.54) is 6.92 Å². The van der Waals surface area contributed by atoms with Crippen LogP contribution in [-0.2, 0) is 6.42 Å². The molecular weight excluding hydrogens is 266 g/mol. The fourth-order valence-corrected chi connectivity index (χ4v) is 1.86. The third-order valence-electron chi connectivity index (χ3n) is 2.69. The van der Waals surface area contributed by atoms with Crippen molar-refractivity contribution in [3.05, 3.63) is 23.8 Å². The molecule has 19 heavy (non-hydrogen) atoms. The van der Waals surface area contributed by atoms with Gasteiger partial charge < -0.3 is 9.47 Å². The van der Waals surface area contributed by atoms with Gasteiger partial charge in [0.05, 0.1) is 0 Å². The van der Waals surface area contributed by atoms with E-state index >= 15 is 0 Å². The van der Waals surface area contributed by atoms with Crippen LogP contribution in [0.3, 0.4) is 0 Å². The molecule has 1 aromatic carbocycles. The maximum atomic E-state index is 12.8. The van der Waals surface area contributed by atoms with E-state index < -0.39 is 18.5 Å². The van der Waals surface area contributed by atoms with Crippen molar-refractivity contribution in [2.24, 2.45) is 0 Å². The topological polar surface area (TPSA) is 30.5 Å². The lowest BCUT2D eigenvalue weighted by Gasteiger charge is -2.22. The molecular formula is C12H13F4NO2. The van der Waals surface area contributed by atoms with Crippen molar-refractivity contribution in [2.75, 3.05) is 6.79 Å². The highest BCUT2D eigenvalue weighted by Gasteiger charge is 2.41. The van der Waals surface area contributed by atoms with Crippen LogP contribution in [0, 0.1) is 0 Å². The molecule has 0 spiro atoms. The van der Waals surface area contributed by atoms with Crippen LogP contribution in [0.15, 0.2) is 18.2 Å². The summed E-state index contributed by atoms with van der Waals surface area (Å²) < 4.78 is 60.0. The van der Waals surface area contributed by atoms with Crippen LogP contribution in [0.25, 0.3) is 0 Å². The maximum Gasteiger partial charge on any atom is 0.362 e. The number of nitrogens with one attached hydrogen (secondary N) is 1. The predicted molar refractivity (Wildman–Crippen MR) is 59.8 cm³/mol. The average molecular weight is 279 g/mol. The van der Waals surface area contributed by atoms with E-state index in [0.717, 1.165) is 0 Å². The Labute approximate surface area is 107 Å². The summed E-state index contributed by atoms with van der Waals surface area (Å²) in [7, 11) is 0. The molecule has 0 aromatic heterocycles. The molecule has 0 saturated carbocycles. The predicted octanol–water partition coefficient (Wildman–Crippen LogP) is 2.79. The second kappa shape index (κ2) is 5.24. The fraction of sp³-hybridized carbons (Fsp3) is 0.500. The molecule has 1 aliphatic rings. The van der Waals surface area contributed by atoms with Crippen LogP contribution >= 0.6 is 0 Å². The summed E-state index contributed by atoms with van der Waals surface area (Å²) in [4.78, 5) is 0. The molecule has 0 saturated heterocycles. The van der Waals surface area contributed by atoms with E-state index in [2.05, 4.69) is 0 Å². The largest absolute Gasteiger partial charge is 0.454 e. The zero-order valence-corrected chi connectivity index (χ0v) is 10.1. The summed E-state index contributed by atoms with van der Waals surface area (Å²) in [6.07, 6.45) is -3.55. The van der Waals surface area contributed by atoms with Crippen LogP contribution in [0.5, 0.6) is 11.5 Å². The second-order valence-corrected chi connectivity index (χ2v) is 4.36. The van der Waals surface area contributed by atoms with E-state index in [1.807, 2.05) is 0 Å². The maximum absolute atomic E-state index is 12.8. The lowest BCUT2D eigenvalue weighted by molar-refractivity contribution is -0.156. The number of alkyl halides is 4. The molecule has 0 bridgehead atoms. The first-order chi connectivity index (χ1) is 8.88. The minimum Gasteiger partial charge on any atom is -0.454 e. The highest BCUT2D eigenvalue weighted by atomic mass is 19.3. The van der Waals surface area contributed by atoms with E-state index in [1.54, 1.807) is 23.5 Å². The normalized spacial score (nSPS) is 15.9. The van der Waals surface area contributed by atoms with Crippen molar-refractivity contribution in [3.8, 4) is 11.5 Å². The van der Waals surface area contributed by atoms with Gasteiger partial charge in [-0.25, -0.2) is 8.78 Å². The summed E-state index contributed by atoms with van der Waals surface area (Å²) in [6, 6.07) is 0.0166. The Morgan fingerprint density at radius 1 is 1.26 bits per heavy atom. The number of rotatable bonds is 5. The smallest absolute Gasteiger partial charge is 0.362 e. The average Bonchev–Trinajstić information content (AvgIpc) is 2.74. The second-order valence-electron chi connectivity index (χ2n) is 4.36. The Bertz CT molecular complexity index is 453. The number of halogens is 4. The van der Waals surface area contributed by atoms with Crippen molar-refractivity contribution in [2.45, 2.75) is 31.9 Å². The van der Waals surface area contributed by atoms with Crippen LogP contribution in [0.4, 0.5) is 17.6 Å². The molecule has 0 amide bonds. The van der Waals surface area contributed by atoms with Gasteiger partial charge in [0, 0.05) is 6.04 Å². The highest BCUT2D eigenvalue weighted by Crippen LogP contribution is 2.33. The molecule has 0 fully saturated rings. The Hall–Kier alpha value is -1.50. The molecule has 2 rings (SSSR count). The molecule has 1 heterocycles. The number of ether oxygens (including phenoxy) is 2. The van der Waals surface area contributed by atoms with Gasteiger partial charge in [-0.3, -0.25) is 5.32 Å². The minimum atomic E-state index is -4.18. The van der Waals surface area contributed by atoms with Crippen molar-refractivity contribution in [1.82, 2.24) is 5.32 Å². The van der Waals surface area contributed by atoms with Crippen LogP contribution in [-0.4, -0.2) is 25.3 Å². The molecule has 1 aliphatic heterocycles. The van der Waals surface area contributed by atoms with Crippen LogP contribution < -0.4 is 14.8 Å². The van der Waals surface area contributed by atoms with Gasteiger partial charge in [0.2, 0.25) is 6.79 Å². The van der Waals surface area contributed by atoms with Crippen LogP contribution in [0.2, 0.25) is 0 Å². The third-order valence-corrected chi connectivity index (χ3v) is 2.69. The van der Waals surface area contributed by atoms with E-state index in [-0.39, 0.29) is 13.2 Å². The van der Waals surface area contributed by atoms with Gasteiger partial charge >= 0.3 is 12.5 Å². The number of fused-ring (bicyclic) bond motifs is 1. The van der Waals surface area contributed by atoms with Crippen molar-refractivity contribution in [3.63, 3.8) is 0 Å². The Morgan fingerprint density at radius 3 is 2.63 bits per heavy atom. The first-order valence-electron chi connectivity index (χ1n) is 5.70. The molecule has 106 valence electrons. The van der Waals surface area contributed by atoms with Gasteiger partial charge in [-0.1, -0.05) is 6.07 Å². The van der Waals surface area contributed by atoms with E-state index in [4.69, 9.17) is 9.47 Å². The number of hydrogen-bond donors (Lipinski definition) is 1. The first kappa shape index (κ1) is 13.9. The summed E-state index contributed by atoms with van der Waals surface area (Å²) in [5, 5.41) is 1.62. The quantitative estimate of drug-likeness (QED) is 0.664. The molecule has 1 atom stereocenters. The van der Waals surface area contributed by atoms with Gasteiger partial charge in [0.15, 0.2) is 11.5 Å². The highest BCUT2D eigenvalue weighted by molar-refractivity contribution is 5.44. The van der Waals surface area contributed by atoms with Crippen LogP contribution in [0.1, 0.15) is 12.5 Å². The van der Waals surface area contributed by atoms with Gasteiger partial charge in [0.1, 0.15) is 0 Å². The Balaban J connectivity index is 1.97. The van der Waals surface area contributed by atoms with E-state index in [9.17, 15) is 17.6 Å². The Morgan fingerprint density at radius 2 is 1.95 bits per heavy atom. The zero-order valence-electron chi connectivity index (χ0n) is 10.1. The van der Waals surface area contributed by atoms with Gasteiger partial charge in [0.25, 0.3) is 0 Å². The Kier molecular flexibility index (Phi) is 3.84. The zero-order chi connectivity index (χ0) is 14.0. The molecule has 0 radical (unpaired) electrons. The lowest BCUT2D eigenvalue weighted by atomic mass is 10.1. The molecule has 3 nitrogen and oxygen atoms in total. The SMILES string of the molecule is CC(Cc1ccc2c(c1)OCO2)NC(F)(F)C(F)F. The van der Waals surface area contributed by atoms with Crippen molar-refractivity contribution < 1.29 is 27.0 Å². The van der Waals surface area contributed by atoms with E-state index in [0.29, 0.717) is 17.1 Å². The van der Waals surface area contributed by atoms with Crippen molar-refractivity contribution >= 4 is 0 Å². The lowest BCUT2D eigenvalue weighted by Crippen LogP contribution is -2.48. The number of hydrogen-bond acceptors (Lipinski definition) is 3. The number of benzene rings is 1. The van der Waals surface area contributed by atoms with Gasteiger partial charge in [-0.15, -0.1) is 0 Å². The first-order valence-corrected chi connectivity index (χ1v) is 5.70. The monoisotopic (exact) mass is 279 g/mol. The molecule has 1 aromatic rings. The molecule has 1 N–H and O–H groups in total. The third kappa shape index (κ3) is 3.28. The molecule has 1 unspecified atom stereocenters.